The van der Waals surface area contributed by atoms with Crippen molar-refractivity contribution in [3.63, 3.8) is 0 Å². The van der Waals surface area contributed by atoms with Gasteiger partial charge in [-0.2, -0.15) is 0 Å². The Balaban J connectivity index is 1.75. The molecule has 0 aliphatic heterocycles. The van der Waals surface area contributed by atoms with Crippen LogP contribution in [-0.2, 0) is 6.54 Å². The molecule has 88 valence electrons. The fourth-order valence-electron chi connectivity index (χ4n) is 1.79. The number of nitrogens with one attached hydrogen (secondary N) is 1. The smallest absolute Gasteiger partial charge is 0.365 e. The van der Waals surface area contributed by atoms with E-state index in [0.717, 1.165) is 18.2 Å². The van der Waals surface area contributed by atoms with Gasteiger partial charge >= 0.3 is 5.97 Å². The van der Waals surface area contributed by atoms with E-state index in [1.165, 1.54) is 17.8 Å². The summed E-state index contributed by atoms with van der Waals surface area (Å²) in [6.45, 7) is 6.19. The second-order valence-electron chi connectivity index (χ2n) is 4.97. The number of thiazole rings is 1. The van der Waals surface area contributed by atoms with Crippen molar-refractivity contribution in [2.24, 2.45) is 11.3 Å². The first-order valence-electron chi connectivity index (χ1n) is 5.37. The number of carbonyl (C=O) groups is 1. The quantitative estimate of drug-likeness (QED) is 0.826. The van der Waals surface area contributed by atoms with E-state index < -0.39 is 5.97 Å². The molecule has 0 bridgehead atoms. The molecule has 1 fully saturated rings. The monoisotopic (exact) mass is 240 g/mol. The van der Waals surface area contributed by atoms with Crippen molar-refractivity contribution in [3.05, 3.63) is 16.1 Å². The molecular weight excluding hydrogens is 224 g/mol. The van der Waals surface area contributed by atoms with Gasteiger partial charge in [-0.05, 0) is 24.3 Å². The summed E-state index contributed by atoms with van der Waals surface area (Å²) in [5.74, 6) is -0.190. The molecule has 2 N–H and O–H groups in total. The third-order valence-corrected chi connectivity index (χ3v) is 4.03. The van der Waals surface area contributed by atoms with Crippen molar-refractivity contribution in [2.45, 2.75) is 26.8 Å². The number of carboxylic acid groups (broad SMARTS) is 1. The standard InChI is InChI=1S/C11H16N2O2S/c1-11(2)3-7(11)4-12-5-8-6-16-9(13-8)10(14)15/h6-7,12H,3-5H2,1-2H3,(H,14,15). The highest BCUT2D eigenvalue weighted by atomic mass is 32.1. The van der Waals surface area contributed by atoms with Crippen LogP contribution in [0.1, 0.15) is 35.8 Å². The number of carboxylic acids is 1. The van der Waals surface area contributed by atoms with Gasteiger partial charge in [-0.25, -0.2) is 9.78 Å². The zero-order valence-corrected chi connectivity index (χ0v) is 10.3. The first-order valence-corrected chi connectivity index (χ1v) is 6.25. The third-order valence-electron chi connectivity index (χ3n) is 3.15. The fraction of sp³-hybridized carbons (Fsp3) is 0.636. The predicted octanol–water partition coefficient (Wildman–Crippen LogP) is 1.98. The Kier molecular flexibility index (Phi) is 2.99. The van der Waals surface area contributed by atoms with E-state index in [2.05, 4.69) is 24.1 Å². The number of rotatable bonds is 5. The first-order chi connectivity index (χ1) is 7.49. The minimum absolute atomic E-state index is 0.170. The van der Waals surface area contributed by atoms with Crippen LogP contribution in [0.5, 0.6) is 0 Å². The van der Waals surface area contributed by atoms with Crippen LogP contribution in [0.3, 0.4) is 0 Å². The second kappa shape index (κ2) is 4.14. The minimum atomic E-state index is -0.945. The summed E-state index contributed by atoms with van der Waals surface area (Å²) in [5.41, 5.74) is 1.31. The minimum Gasteiger partial charge on any atom is -0.476 e. The molecule has 5 heteroatoms. The van der Waals surface area contributed by atoms with E-state index >= 15 is 0 Å². The highest BCUT2D eigenvalue weighted by molar-refractivity contribution is 7.11. The Labute approximate surface area is 98.7 Å². The van der Waals surface area contributed by atoms with Gasteiger partial charge in [0.25, 0.3) is 0 Å². The summed E-state index contributed by atoms with van der Waals surface area (Å²) in [4.78, 5) is 14.6. The molecule has 0 aromatic carbocycles. The molecular formula is C11H16N2O2S. The lowest BCUT2D eigenvalue weighted by Crippen LogP contribution is -2.18. The molecule has 0 spiro atoms. The van der Waals surface area contributed by atoms with Crippen LogP contribution in [0.25, 0.3) is 0 Å². The zero-order chi connectivity index (χ0) is 11.8. The number of nitrogens with zero attached hydrogens (tertiary/aromatic N) is 1. The summed E-state index contributed by atoms with van der Waals surface area (Å²) in [6, 6.07) is 0. The summed E-state index contributed by atoms with van der Waals surface area (Å²) in [7, 11) is 0. The van der Waals surface area contributed by atoms with Gasteiger partial charge < -0.3 is 10.4 Å². The lowest BCUT2D eigenvalue weighted by atomic mass is 10.1. The van der Waals surface area contributed by atoms with E-state index in [1.807, 2.05) is 0 Å². The van der Waals surface area contributed by atoms with Crippen molar-refractivity contribution in [1.82, 2.24) is 10.3 Å². The molecule has 0 radical (unpaired) electrons. The summed E-state index contributed by atoms with van der Waals surface area (Å²) < 4.78 is 0. The van der Waals surface area contributed by atoms with Crippen LogP contribution in [0, 0.1) is 11.3 Å². The molecule has 1 saturated carbocycles. The topological polar surface area (TPSA) is 62.2 Å². The predicted molar refractivity (Wildman–Crippen MR) is 62.7 cm³/mol. The molecule has 1 aromatic heterocycles. The van der Waals surface area contributed by atoms with Crippen molar-refractivity contribution in [2.75, 3.05) is 6.54 Å². The Morgan fingerprint density at radius 3 is 2.94 bits per heavy atom. The van der Waals surface area contributed by atoms with Gasteiger partial charge in [0.05, 0.1) is 5.69 Å². The van der Waals surface area contributed by atoms with E-state index in [4.69, 9.17) is 5.11 Å². The van der Waals surface area contributed by atoms with Gasteiger partial charge in [0.2, 0.25) is 5.01 Å². The maximum Gasteiger partial charge on any atom is 0.365 e. The number of hydrogen-bond acceptors (Lipinski definition) is 4. The van der Waals surface area contributed by atoms with Crippen LogP contribution in [-0.4, -0.2) is 22.6 Å². The molecule has 1 aliphatic rings. The molecule has 1 heterocycles. The second-order valence-corrected chi connectivity index (χ2v) is 5.83. The average Bonchev–Trinajstić information content (AvgIpc) is 2.65. The maximum atomic E-state index is 10.6. The van der Waals surface area contributed by atoms with Crippen LogP contribution in [0.2, 0.25) is 0 Å². The van der Waals surface area contributed by atoms with Crippen LogP contribution >= 0.6 is 11.3 Å². The highest BCUT2D eigenvalue weighted by Gasteiger charge is 2.44. The molecule has 4 nitrogen and oxygen atoms in total. The Bertz CT molecular complexity index is 400. The number of hydrogen-bond donors (Lipinski definition) is 2. The van der Waals surface area contributed by atoms with E-state index in [9.17, 15) is 4.79 Å². The largest absolute Gasteiger partial charge is 0.476 e. The van der Waals surface area contributed by atoms with E-state index in [1.54, 1.807) is 5.38 Å². The molecule has 1 atom stereocenters. The van der Waals surface area contributed by atoms with Crippen molar-refractivity contribution in [3.8, 4) is 0 Å². The number of aromatic carboxylic acids is 1. The van der Waals surface area contributed by atoms with Gasteiger partial charge in [0.15, 0.2) is 0 Å². The highest BCUT2D eigenvalue weighted by Crippen LogP contribution is 2.50. The normalized spacial score (nSPS) is 22.0. The first kappa shape index (κ1) is 11.5. The maximum absolute atomic E-state index is 10.6. The summed E-state index contributed by atoms with van der Waals surface area (Å²) in [6.07, 6.45) is 1.28. The summed E-state index contributed by atoms with van der Waals surface area (Å²) in [5, 5.41) is 14.0. The Hall–Kier alpha value is -0.940. The lowest BCUT2D eigenvalue weighted by Gasteiger charge is -2.04. The van der Waals surface area contributed by atoms with Crippen molar-refractivity contribution in [1.29, 1.82) is 0 Å². The molecule has 1 unspecified atom stereocenters. The van der Waals surface area contributed by atoms with E-state index in [0.29, 0.717) is 12.0 Å². The van der Waals surface area contributed by atoms with Crippen LogP contribution in [0.4, 0.5) is 0 Å². The van der Waals surface area contributed by atoms with Crippen LogP contribution < -0.4 is 5.32 Å². The van der Waals surface area contributed by atoms with Crippen molar-refractivity contribution >= 4 is 17.3 Å². The van der Waals surface area contributed by atoms with Gasteiger partial charge in [-0.15, -0.1) is 11.3 Å². The Morgan fingerprint density at radius 2 is 2.44 bits per heavy atom. The van der Waals surface area contributed by atoms with Gasteiger partial charge in [-0.1, -0.05) is 13.8 Å². The Morgan fingerprint density at radius 1 is 1.75 bits per heavy atom. The summed E-state index contributed by atoms with van der Waals surface area (Å²) >= 11 is 1.18. The zero-order valence-electron chi connectivity index (χ0n) is 9.49. The van der Waals surface area contributed by atoms with E-state index in [-0.39, 0.29) is 5.01 Å². The molecule has 1 aliphatic carbocycles. The third kappa shape index (κ3) is 2.59. The van der Waals surface area contributed by atoms with Gasteiger partial charge in [0, 0.05) is 11.9 Å². The molecule has 2 rings (SSSR count). The molecule has 0 saturated heterocycles. The SMILES string of the molecule is CC1(C)CC1CNCc1csc(C(=O)O)n1. The van der Waals surface area contributed by atoms with Crippen molar-refractivity contribution < 1.29 is 9.90 Å². The molecule has 0 amide bonds. The molecule has 16 heavy (non-hydrogen) atoms. The fourth-order valence-corrected chi connectivity index (χ4v) is 2.44. The van der Waals surface area contributed by atoms with Gasteiger partial charge in [-0.3, -0.25) is 0 Å². The molecule has 1 aromatic rings. The average molecular weight is 240 g/mol. The van der Waals surface area contributed by atoms with Gasteiger partial charge in [0.1, 0.15) is 0 Å². The number of aromatic nitrogens is 1. The lowest BCUT2D eigenvalue weighted by molar-refractivity contribution is 0.0696. The van der Waals surface area contributed by atoms with Crippen LogP contribution in [0.15, 0.2) is 5.38 Å².